The summed E-state index contributed by atoms with van der Waals surface area (Å²) in [5.41, 5.74) is 2.42. The molecule has 0 aromatic heterocycles. The Balaban J connectivity index is 1.41. The van der Waals surface area contributed by atoms with Crippen molar-refractivity contribution < 1.29 is 18.0 Å². The molecule has 2 amide bonds. The van der Waals surface area contributed by atoms with Crippen molar-refractivity contribution in [2.75, 3.05) is 31.5 Å². The van der Waals surface area contributed by atoms with Crippen molar-refractivity contribution in [3.05, 3.63) is 96.1 Å². The van der Waals surface area contributed by atoms with Gasteiger partial charge in [0.1, 0.15) is 0 Å². The van der Waals surface area contributed by atoms with Crippen molar-refractivity contribution in [3.63, 3.8) is 0 Å². The molecule has 1 aliphatic heterocycles. The van der Waals surface area contributed by atoms with Gasteiger partial charge in [-0.1, -0.05) is 60.7 Å². The number of hydrogen-bond donors (Lipinski definition) is 1. The summed E-state index contributed by atoms with van der Waals surface area (Å²) in [6.07, 6.45) is 2.93. The molecule has 7 nitrogen and oxygen atoms in total. The molecule has 8 heteroatoms. The second-order valence-corrected chi connectivity index (χ2v) is 10.8. The van der Waals surface area contributed by atoms with Gasteiger partial charge in [-0.2, -0.15) is 4.31 Å². The minimum absolute atomic E-state index is 0.115. The quantitative estimate of drug-likeness (QED) is 0.455. The van der Waals surface area contributed by atoms with Gasteiger partial charge in [-0.05, 0) is 54.7 Å². The van der Waals surface area contributed by atoms with Crippen molar-refractivity contribution >= 4 is 27.5 Å². The van der Waals surface area contributed by atoms with Crippen molar-refractivity contribution in [1.82, 2.24) is 9.21 Å². The van der Waals surface area contributed by atoms with Gasteiger partial charge in [0, 0.05) is 25.3 Å². The second kappa shape index (κ2) is 12.0. The van der Waals surface area contributed by atoms with Crippen LogP contribution in [0.2, 0.25) is 0 Å². The Morgan fingerprint density at radius 2 is 1.42 bits per heavy atom. The van der Waals surface area contributed by atoms with E-state index < -0.39 is 15.9 Å². The molecule has 1 N–H and O–H groups in total. The maximum Gasteiger partial charge on any atom is 0.243 e. The van der Waals surface area contributed by atoms with E-state index in [1.807, 2.05) is 47.4 Å². The lowest BCUT2D eigenvalue weighted by molar-refractivity contribution is -0.129. The summed E-state index contributed by atoms with van der Waals surface area (Å²) >= 11 is 0. The molecule has 0 unspecified atom stereocenters. The Hall–Kier alpha value is -3.49. The number of likely N-dealkylation sites (tertiary alicyclic amines) is 1. The first-order valence-corrected chi connectivity index (χ1v) is 13.6. The number of anilines is 1. The molecule has 0 atom stereocenters. The van der Waals surface area contributed by atoms with Crippen molar-refractivity contribution in [2.45, 2.75) is 30.6 Å². The Kier molecular flexibility index (Phi) is 8.51. The number of nitrogens with zero attached hydrogens (tertiary/aromatic N) is 2. The molecule has 4 rings (SSSR count). The molecule has 0 bridgehead atoms. The zero-order valence-electron chi connectivity index (χ0n) is 20.2. The van der Waals surface area contributed by atoms with Gasteiger partial charge in [0.05, 0.1) is 17.9 Å². The third-order valence-electron chi connectivity index (χ3n) is 6.25. The number of nitrogens with one attached hydrogen (secondary N) is 1. The number of sulfonamides is 1. The number of rotatable bonds is 10. The molecular formula is C28H31N3O4S. The Labute approximate surface area is 212 Å². The van der Waals surface area contributed by atoms with Crippen LogP contribution in [0.1, 0.15) is 24.0 Å². The lowest BCUT2D eigenvalue weighted by atomic mass is 10.1. The van der Waals surface area contributed by atoms with Gasteiger partial charge in [-0.3, -0.25) is 9.59 Å². The van der Waals surface area contributed by atoms with E-state index in [1.54, 1.807) is 30.3 Å². The van der Waals surface area contributed by atoms with Gasteiger partial charge in [0.25, 0.3) is 0 Å². The van der Waals surface area contributed by atoms with E-state index in [2.05, 4.69) is 5.32 Å². The van der Waals surface area contributed by atoms with Gasteiger partial charge in [0.15, 0.2) is 0 Å². The molecule has 0 aliphatic carbocycles. The van der Waals surface area contributed by atoms with Crippen LogP contribution in [0.4, 0.5) is 5.69 Å². The fourth-order valence-electron chi connectivity index (χ4n) is 4.24. The van der Waals surface area contributed by atoms with Crippen molar-refractivity contribution in [2.24, 2.45) is 0 Å². The summed E-state index contributed by atoms with van der Waals surface area (Å²) in [6.45, 7) is 1.50. The predicted molar refractivity (Wildman–Crippen MR) is 140 cm³/mol. The molecule has 188 valence electrons. The summed E-state index contributed by atoms with van der Waals surface area (Å²) < 4.78 is 27.8. The van der Waals surface area contributed by atoms with Gasteiger partial charge >= 0.3 is 0 Å². The first-order chi connectivity index (χ1) is 17.4. The molecule has 0 saturated carbocycles. The highest BCUT2D eigenvalue weighted by Crippen LogP contribution is 2.18. The largest absolute Gasteiger partial charge is 0.342 e. The highest BCUT2D eigenvalue weighted by atomic mass is 32.2. The summed E-state index contributed by atoms with van der Waals surface area (Å²) in [7, 11) is -3.86. The molecule has 1 fully saturated rings. The third-order valence-corrected chi connectivity index (χ3v) is 8.10. The summed E-state index contributed by atoms with van der Waals surface area (Å²) in [5.74, 6) is -0.312. The average molecular weight is 506 g/mol. The number of carbonyl (C=O) groups excluding carboxylic acids is 2. The van der Waals surface area contributed by atoms with E-state index >= 15 is 0 Å². The lowest BCUT2D eigenvalue weighted by Gasteiger charge is -2.22. The van der Waals surface area contributed by atoms with E-state index in [0.717, 1.165) is 37.1 Å². The van der Waals surface area contributed by atoms with Crippen LogP contribution in [0.25, 0.3) is 0 Å². The highest BCUT2D eigenvalue weighted by Gasteiger charge is 2.26. The van der Waals surface area contributed by atoms with E-state index in [1.165, 1.54) is 16.4 Å². The van der Waals surface area contributed by atoms with Crippen LogP contribution < -0.4 is 5.32 Å². The van der Waals surface area contributed by atoms with Crippen LogP contribution in [-0.4, -0.2) is 55.6 Å². The van der Waals surface area contributed by atoms with Crippen molar-refractivity contribution in [1.29, 1.82) is 0 Å². The summed E-state index contributed by atoms with van der Waals surface area (Å²) in [4.78, 5) is 27.3. The van der Waals surface area contributed by atoms with Crippen LogP contribution >= 0.6 is 0 Å². The minimum atomic E-state index is -3.86. The standard InChI is InChI=1S/C28H31N3O4S/c32-27(29-25-15-13-24(14-16-25)21-28(33)30-18-7-8-19-30)22-31(20-17-23-9-3-1-4-10-23)36(34,35)26-11-5-2-6-12-26/h1-6,9-16H,7-8,17-22H2,(H,29,32). The Morgan fingerprint density at radius 3 is 2.06 bits per heavy atom. The van der Waals surface area contributed by atoms with Gasteiger partial charge in [-0.25, -0.2) is 8.42 Å². The zero-order valence-corrected chi connectivity index (χ0v) is 21.0. The Morgan fingerprint density at radius 1 is 0.806 bits per heavy atom. The summed E-state index contributed by atoms with van der Waals surface area (Å²) in [5, 5.41) is 2.79. The van der Waals surface area contributed by atoms with Gasteiger partial charge < -0.3 is 10.2 Å². The smallest absolute Gasteiger partial charge is 0.243 e. The monoisotopic (exact) mass is 505 g/mol. The number of carbonyl (C=O) groups is 2. The van der Waals surface area contributed by atoms with E-state index in [-0.39, 0.29) is 23.9 Å². The zero-order chi connectivity index (χ0) is 25.4. The Bertz CT molecular complexity index is 1260. The highest BCUT2D eigenvalue weighted by molar-refractivity contribution is 7.89. The van der Waals surface area contributed by atoms with E-state index in [4.69, 9.17) is 0 Å². The van der Waals surface area contributed by atoms with Crippen LogP contribution in [0.5, 0.6) is 0 Å². The minimum Gasteiger partial charge on any atom is -0.342 e. The fraction of sp³-hybridized carbons (Fsp3) is 0.286. The molecule has 36 heavy (non-hydrogen) atoms. The maximum absolute atomic E-state index is 13.3. The molecule has 1 heterocycles. The second-order valence-electron chi connectivity index (χ2n) is 8.90. The molecule has 3 aromatic carbocycles. The third kappa shape index (κ3) is 6.80. The van der Waals surface area contributed by atoms with Crippen LogP contribution in [0.3, 0.4) is 0 Å². The predicted octanol–water partition coefficient (Wildman–Crippen LogP) is 3.72. The van der Waals surface area contributed by atoms with Crippen LogP contribution in [0, 0.1) is 0 Å². The topological polar surface area (TPSA) is 86.8 Å². The SMILES string of the molecule is O=C(CN(CCc1ccccc1)S(=O)(=O)c1ccccc1)Nc1ccc(CC(=O)N2CCCC2)cc1. The van der Waals surface area contributed by atoms with E-state index in [0.29, 0.717) is 18.5 Å². The normalized spacial score (nSPS) is 13.6. The molecular weight excluding hydrogens is 474 g/mol. The number of amides is 2. The van der Waals surface area contributed by atoms with Crippen molar-refractivity contribution in [3.8, 4) is 0 Å². The first-order valence-electron chi connectivity index (χ1n) is 12.2. The van der Waals surface area contributed by atoms with Crippen LogP contribution in [0.15, 0.2) is 89.8 Å². The number of benzene rings is 3. The first kappa shape index (κ1) is 25.6. The molecule has 0 radical (unpaired) electrons. The lowest BCUT2D eigenvalue weighted by Crippen LogP contribution is -2.39. The molecule has 0 spiro atoms. The average Bonchev–Trinajstić information content (AvgIpc) is 3.44. The fourth-order valence-corrected chi connectivity index (χ4v) is 5.66. The van der Waals surface area contributed by atoms with Gasteiger partial charge in [-0.15, -0.1) is 0 Å². The number of hydrogen-bond acceptors (Lipinski definition) is 4. The molecule has 1 aliphatic rings. The van der Waals surface area contributed by atoms with E-state index in [9.17, 15) is 18.0 Å². The molecule has 3 aromatic rings. The molecule has 1 saturated heterocycles. The summed E-state index contributed by atoms with van der Waals surface area (Å²) in [6, 6.07) is 24.8. The van der Waals surface area contributed by atoms with Gasteiger partial charge in [0.2, 0.25) is 21.8 Å². The maximum atomic E-state index is 13.3. The van der Waals surface area contributed by atoms with Crippen LogP contribution in [-0.2, 0) is 32.5 Å².